The molecule has 0 bridgehead atoms. The first-order chi connectivity index (χ1) is 10.9. The lowest BCUT2D eigenvalue weighted by molar-refractivity contribution is 1.18. The Morgan fingerprint density at radius 1 is 0.818 bits per heavy atom. The second-order valence-electron chi connectivity index (χ2n) is 5.58. The standard InChI is InChI=1S/C20H16N2/c1-2-6-15(7-3-1)12-16-9-10-18-17(13-16)14-20(22-18)19-8-4-5-11-21-19/h1-11,13H,12,14H2. The fourth-order valence-corrected chi connectivity index (χ4v) is 2.88. The first-order valence-corrected chi connectivity index (χ1v) is 7.53. The summed E-state index contributed by atoms with van der Waals surface area (Å²) >= 11 is 0. The lowest BCUT2D eigenvalue weighted by Crippen LogP contribution is -2.02. The van der Waals surface area contributed by atoms with Gasteiger partial charge in [-0.05, 0) is 41.3 Å². The van der Waals surface area contributed by atoms with E-state index in [2.05, 4.69) is 53.5 Å². The number of benzene rings is 2. The molecular weight excluding hydrogens is 268 g/mol. The normalized spacial score (nSPS) is 12.8. The summed E-state index contributed by atoms with van der Waals surface area (Å²) in [4.78, 5) is 9.13. The van der Waals surface area contributed by atoms with E-state index < -0.39 is 0 Å². The molecule has 1 aliphatic rings. The third kappa shape index (κ3) is 2.56. The lowest BCUT2D eigenvalue weighted by atomic mass is 10.0. The zero-order valence-electron chi connectivity index (χ0n) is 12.2. The minimum Gasteiger partial charge on any atom is -0.255 e. The Bertz CT molecular complexity index is 821. The summed E-state index contributed by atoms with van der Waals surface area (Å²) in [6.07, 6.45) is 3.66. The number of aliphatic imine (C=N–C) groups is 1. The quantitative estimate of drug-likeness (QED) is 0.702. The lowest BCUT2D eigenvalue weighted by Gasteiger charge is -2.04. The van der Waals surface area contributed by atoms with Crippen molar-refractivity contribution in [3.8, 4) is 0 Å². The van der Waals surface area contributed by atoms with E-state index >= 15 is 0 Å². The predicted molar refractivity (Wildman–Crippen MR) is 89.8 cm³/mol. The van der Waals surface area contributed by atoms with E-state index in [9.17, 15) is 0 Å². The molecule has 0 aliphatic carbocycles. The Morgan fingerprint density at radius 3 is 2.50 bits per heavy atom. The summed E-state index contributed by atoms with van der Waals surface area (Å²) in [5, 5.41) is 0. The molecule has 0 N–H and O–H groups in total. The minimum atomic E-state index is 0.870. The van der Waals surface area contributed by atoms with Crippen molar-refractivity contribution in [3.05, 3.63) is 95.3 Å². The van der Waals surface area contributed by atoms with Crippen LogP contribution in [-0.2, 0) is 12.8 Å². The van der Waals surface area contributed by atoms with Crippen molar-refractivity contribution >= 4 is 11.4 Å². The van der Waals surface area contributed by atoms with Crippen LogP contribution in [-0.4, -0.2) is 10.7 Å². The summed E-state index contributed by atoms with van der Waals surface area (Å²) in [5.41, 5.74) is 7.09. The fourth-order valence-electron chi connectivity index (χ4n) is 2.88. The van der Waals surface area contributed by atoms with Crippen LogP contribution >= 0.6 is 0 Å². The molecule has 0 amide bonds. The summed E-state index contributed by atoms with van der Waals surface area (Å²) in [7, 11) is 0. The van der Waals surface area contributed by atoms with Crippen molar-refractivity contribution in [2.45, 2.75) is 12.8 Å². The van der Waals surface area contributed by atoms with E-state index in [0.717, 1.165) is 29.9 Å². The summed E-state index contributed by atoms with van der Waals surface area (Å²) in [6, 6.07) is 23.1. The molecule has 0 atom stereocenters. The van der Waals surface area contributed by atoms with Crippen LogP contribution in [0.3, 0.4) is 0 Å². The number of rotatable bonds is 3. The van der Waals surface area contributed by atoms with Crippen LogP contribution in [0.5, 0.6) is 0 Å². The van der Waals surface area contributed by atoms with Crippen molar-refractivity contribution in [2.75, 3.05) is 0 Å². The topological polar surface area (TPSA) is 25.2 Å². The molecule has 22 heavy (non-hydrogen) atoms. The molecule has 0 unspecified atom stereocenters. The highest BCUT2D eigenvalue weighted by molar-refractivity contribution is 6.05. The molecule has 1 aliphatic heterocycles. The molecular formula is C20H16N2. The molecule has 0 fully saturated rings. The van der Waals surface area contributed by atoms with E-state index in [4.69, 9.17) is 4.99 Å². The van der Waals surface area contributed by atoms with Gasteiger partial charge in [0.2, 0.25) is 0 Å². The van der Waals surface area contributed by atoms with E-state index in [1.54, 1.807) is 0 Å². The fraction of sp³-hybridized carbons (Fsp3) is 0.100. The maximum Gasteiger partial charge on any atom is 0.0848 e. The summed E-state index contributed by atoms with van der Waals surface area (Å²) in [6.45, 7) is 0. The Labute approximate surface area is 130 Å². The van der Waals surface area contributed by atoms with E-state index in [-0.39, 0.29) is 0 Å². The number of hydrogen-bond acceptors (Lipinski definition) is 2. The summed E-state index contributed by atoms with van der Waals surface area (Å²) < 4.78 is 0. The molecule has 2 heteroatoms. The van der Waals surface area contributed by atoms with Crippen LogP contribution in [0.4, 0.5) is 5.69 Å². The maximum atomic E-state index is 4.72. The number of pyridine rings is 1. The number of aromatic nitrogens is 1. The molecule has 3 aromatic rings. The Hall–Kier alpha value is -2.74. The molecule has 0 saturated carbocycles. The Balaban J connectivity index is 1.58. The van der Waals surface area contributed by atoms with Crippen molar-refractivity contribution < 1.29 is 0 Å². The van der Waals surface area contributed by atoms with Gasteiger partial charge in [-0.15, -0.1) is 0 Å². The van der Waals surface area contributed by atoms with Crippen LogP contribution in [0.15, 0.2) is 77.9 Å². The predicted octanol–water partition coefficient (Wildman–Crippen LogP) is 4.35. The molecule has 2 nitrogen and oxygen atoms in total. The van der Waals surface area contributed by atoms with E-state index in [0.29, 0.717) is 0 Å². The first kappa shape index (κ1) is 13.0. The number of nitrogens with zero attached hydrogens (tertiary/aromatic N) is 2. The van der Waals surface area contributed by atoms with Gasteiger partial charge in [0.1, 0.15) is 0 Å². The zero-order valence-corrected chi connectivity index (χ0v) is 12.2. The van der Waals surface area contributed by atoms with Gasteiger partial charge in [0.05, 0.1) is 17.1 Å². The van der Waals surface area contributed by atoms with Crippen LogP contribution in [0.2, 0.25) is 0 Å². The smallest absolute Gasteiger partial charge is 0.0848 e. The second kappa shape index (κ2) is 5.57. The van der Waals surface area contributed by atoms with Crippen molar-refractivity contribution in [2.24, 2.45) is 4.99 Å². The van der Waals surface area contributed by atoms with Crippen LogP contribution < -0.4 is 0 Å². The molecule has 0 radical (unpaired) electrons. The van der Waals surface area contributed by atoms with Gasteiger partial charge in [0.25, 0.3) is 0 Å². The molecule has 4 rings (SSSR count). The van der Waals surface area contributed by atoms with Crippen LogP contribution in [0, 0.1) is 0 Å². The van der Waals surface area contributed by atoms with Gasteiger partial charge in [-0.25, -0.2) is 0 Å². The van der Waals surface area contributed by atoms with Gasteiger partial charge in [-0.3, -0.25) is 9.98 Å². The van der Waals surface area contributed by atoms with E-state index in [1.807, 2.05) is 24.4 Å². The highest BCUT2D eigenvalue weighted by Gasteiger charge is 2.17. The van der Waals surface area contributed by atoms with E-state index in [1.165, 1.54) is 16.7 Å². The van der Waals surface area contributed by atoms with Gasteiger partial charge in [-0.1, -0.05) is 48.5 Å². The molecule has 0 spiro atoms. The van der Waals surface area contributed by atoms with Gasteiger partial charge < -0.3 is 0 Å². The maximum absolute atomic E-state index is 4.72. The monoisotopic (exact) mass is 284 g/mol. The Kier molecular flexibility index (Phi) is 3.28. The SMILES string of the molecule is c1ccc(Cc2ccc3c(c2)CC(c2ccccn2)=N3)cc1. The van der Waals surface area contributed by atoms with Crippen molar-refractivity contribution in [1.82, 2.24) is 4.98 Å². The van der Waals surface area contributed by atoms with Crippen molar-refractivity contribution in [3.63, 3.8) is 0 Å². The molecule has 0 saturated heterocycles. The summed E-state index contributed by atoms with van der Waals surface area (Å²) in [5.74, 6) is 0. The number of hydrogen-bond donors (Lipinski definition) is 0. The third-order valence-electron chi connectivity index (χ3n) is 3.97. The molecule has 1 aromatic heterocycles. The Morgan fingerprint density at radius 2 is 1.68 bits per heavy atom. The average molecular weight is 284 g/mol. The van der Waals surface area contributed by atoms with Gasteiger partial charge in [-0.2, -0.15) is 0 Å². The number of fused-ring (bicyclic) bond motifs is 1. The van der Waals surface area contributed by atoms with Gasteiger partial charge >= 0.3 is 0 Å². The first-order valence-electron chi connectivity index (χ1n) is 7.53. The third-order valence-corrected chi connectivity index (χ3v) is 3.97. The largest absolute Gasteiger partial charge is 0.255 e. The minimum absolute atomic E-state index is 0.870. The van der Waals surface area contributed by atoms with Crippen LogP contribution in [0.25, 0.3) is 0 Å². The average Bonchev–Trinajstić information content (AvgIpc) is 3.00. The molecule has 2 heterocycles. The van der Waals surface area contributed by atoms with Crippen molar-refractivity contribution in [1.29, 1.82) is 0 Å². The van der Waals surface area contributed by atoms with Gasteiger partial charge in [0.15, 0.2) is 0 Å². The highest BCUT2D eigenvalue weighted by atomic mass is 14.8. The highest BCUT2D eigenvalue weighted by Crippen LogP contribution is 2.29. The molecule has 2 aromatic carbocycles. The van der Waals surface area contributed by atoms with Crippen LogP contribution in [0.1, 0.15) is 22.4 Å². The molecule has 106 valence electrons. The van der Waals surface area contributed by atoms with Gasteiger partial charge in [0, 0.05) is 12.6 Å². The second-order valence-corrected chi connectivity index (χ2v) is 5.58. The zero-order chi connectivity index (χ0) is 14.8.